The van der Waals surface area contributed by atoms with Crippen molar-refractivity contribution in [3.8, 4) is 11.5 Å². The van der Waals surface area contributed by atoms with Gasteiger partial charge >= 0.3 is 6.03 Å². The fraction of sp³-hybridized carbons (Fsp3) is 0.211. The number of ether oxygens (including phenoxy) is 2. The number of fused-ring (bicyclic) bond motifs is 1. The summed E-state index contributed by atoms with van der Waals surface area (Å²) >= 11 is 12.1. The number of Topliss-reactive ketones (excluding diaryl/α,β-unsaturated/α-hetero) is 1. The third-order valence-electron chi connectivity index (χ3n) is 4.74. The molecule has 0 unspecified atom stereocenters. The highest BCUT2D eigenvalue weighted by Gasteiger charge is 2.50. The van der Waals surface area contributed by atoms with E-state index in [9.17, 15) is 14.4 Å². The summed E-state index contributed by atoms with van der Waals surface area (Å²) in [5, 5.41) is 3.27. The Morgan fingerprint density at radius 2 is 1.89 bits per heavy atom. The predicted octanol–water partition coefficient (Wildman–Crippen LogP) is 3.37. The molecule has 7 nitrogen and oxygen atoms in total. The second-order valence-corrected chi connectivity index (χ2v) is 7.41. The van der Waals surface area contributed by atoms with E-state index in [1.165, 1.54) is 19.1 Å². The van der Waals surface area contributed by atoms with Crippen molar-refractivity contribution in [2.45, 2.75) is 12.5 Å². The second kappa shape index (κ2) is 6.68. The van der Waals surface area contributed by atoms with Crippen LogP contribution in [-0.4, -0.2) is 36.0 Å². The number of benzene rings is 2. The number of imide groups is 1. The number of rotatable bonds is 4. The first-order valence-corrected chi connectivity index (χ1v) is 9.07. The zero-order valence-corrected chi connectivity index (χ0v) is 16.1. The first-order chi connectivity index (χ1) is 13.3. The number of nitrogens with zero attached hydrogens (tertiary/aromatic N) is 1. The normalized spacial score (nSPS) is 20.5. The number of carbonyl (C=O) groups is 3. The van der Waals surface area contributed by atoms with Crippen LogP contribution in [0.25, 0.3) is 0 Å². The highest BCUT2D eigenvalue weighted by atomic mass is 35.5. The minimum absolute atomic E-state index is 0.0835. The van der Waals surface area contributed by atoms with Crippen LogP contribution in [0.2, 0.25) is 10.0 Å². The molecule has 0 aromatic heterocycles. The summed E-state index contributed by atoms with van der Waals surface area (Å²) in [5.74, 6) is 0.00130. The Morgan fingerprint density at radius 1 is 1.14 bits per heavy atom. The number of nitrogens with one attached hydrogen (secondary N) is 1. The zero-order valence-electron chi connectivity index (χ0n) is 14.6. The molecule has 0 bridgehead atoms. The molecule has 2 aliphatic heterocycles. The van der Waals surface area contributed by atoms with Gasteiger partial charge in [-0.25, -0.2) is 4.79 Å². The molecule has 1 fully saturated rings. The number of halogens is 2. The van der Waals surface area contributed by atoms with Crippen LogP contribution >= 0.6 is 23.2 Å². The van der Waals surface area contributed by atoms with Crippen molar-refractivity contribution in [1.29, 1.82) is 0 Å². The Balaban J connectivity index is 1.58. The molecular formula is C19H14Cl2N2O5. The number of urea groups is 1. The summed E-state index contributed by atoms with van der Waals surface area (Å²) in [6.45, 7) is 1.21. The summed E-state index contributed by atoms with van der Waals surface area (Å²) in [7, 11) is 0. The van der Waals surface area contributed by atoms with E-state index in [2.05, 4.69) is 5.32 Å². The minimum atomic E-state index is -1.39. The van der Waals surface area contributed by atoms with E-state index < -0.39 is 29.8 Å². The van der Waals surface area contributed by atoms with Gasteiger partial charge in [0.15, 0.2) is 17.3 Å². The highest BCUT2D eigenvalue weighted by molar-refractivity contribution is 6.35. The third-order valence-corrected chi connectivity index (χ3v) is 5.29. The first kappa shape index (κ1) is 18.6. The van der Waals surface area contributed by atoms with E-state index in [1.54, 1.807) is 24.3 Å². The molecule has 0 radical (unpaired) electrons. The van der Waals surface area contributed by atoms with Crippen LogP contribution in [0.1, 0.15) is 22.8 Å². The lowest BCUT2D eigenvalue weighted by Crippen LogP contribution is -2.41. The Labute approximate surface area is 170 Å². The van der Waals surface area contributed by atoms with Gasteiger partial charge in [-0.15, -0.1) is 0 Å². The van der Waals surface area contributed by atoms with Crippen LogP contribution in [0.3, 0.4) is 0 Å². The molecule has 2 aromatic carbocycles. The molecule has 1 atom stereocenters. The average Bonchev–Trinajstić information content (AvgIpc) is 3.19. The molecule has 0 saturated carbocycles. The van der Waals surface area contributed by atoms with Crippen molar-refractivity contribution in [2.75, 3.05) is 13.3 Å². The molecule has 2 aliphatic rings. The van der Waals surface area contributed by atoms with Gasteiger partial charge in [0.25, 0.3) is 5.91 Å². The van der Waals surface area contributed by atoms with Crippen LogP contribution in [-0.2, 0) is 10.3 Å². The van der Waals surface area contributed by atoms with Gasteiger partial charge < -0.3 is 14.8 Å². The quantitative estimate of drug-likeness (QED) is 0.605. The maximum atomic E-state index is 13.0. The summed E-state index contributed by atoms with van der Waals surface area (Å²) in [5.41, 5.74) is -0.689. The van der Waals surface area contributed by atoms with Crippen LogP contribution in [0.4, 0.5) is 4.79 Å². The maximum absolute atomic E-state index is 13.0. The second-order valence-electron chi connectivity index (χ2n) is 6.56. The van der Waals surface area contributed by atoms with Gasteiger partial charge in [0, 0.05) is 21.2 Å². The molecule has 0 spiro atoms. The van der Waals surface area contributed by atoms with E-state index in [-0.39, 0.29) is 11.8 Å². The van der Waals surface area contributed by atoms with Crippen molar-refractivity contribution in [3.05, 3.63) is 57.6 Å². The fourth-order valence-corrected chi connectivity index (χ4v) is 3.82. The first-order valence-electron chi connectivity index (χ1n) is 8.32. The largest absolute Gasteiger partial charge is 0.454 e. The topological polar surface area (TPSA) is 84.9 Å². The van der Waals surface area contributed by atoms with E-state index >= 15 is 0 Å². The molecule has 2 heterocycles. The van der Waals surface area contributed by atoms with Crippen molar-refractivity contribution >= 4 is 40.9 Å². The fourth-order valence-electron chi connectivity index (χ4n) is 3.22. The number of hydrogen-bond acceptors (Lipinski definition) is 5. The molecule has 3 amide bonds. The third kappa shape index (κ3) is 2.96. The van der Waals surface area contributed by atoms with E-state index in [1.807, 2.05) is 0 Å². The highest BCUT2D eigenvalue weighted by Crippen LogP contribution is 2.36. The Morgan fingerprint density at radius 3 is 2.64 bits per heavy atom. The van der Waals surface area contributed by atoms with Gasteiger partial charge in [0.2, 0.25) is 6.79 Å². The lowest BCUT2D eigenvalue weighted by atomic mass is 9.92. The van der Waals surface area contributed by atoms with Crippen LogP contribution < -0.4 is 14.8 Å². The molecule has 4 rings (SSSR count). The lowest BCUT2D eigenvalue weighted by molar-refractivity contribution is -0.130. The SMILES string of the molecule is C[C@@]1(c2ccc(Cl)cc2Cl)NC(=O)N(CC(=O)c2ccc3c(c2)OCO3)C1=O. The zero-order chi connectivity index (χ0) is 20.1. The molecule has 0 aliphatic carbocycles. The Bertz CT molecular complexity index is 1030. The monoisotopic (exact) mass is 420 g/mol. The number of carbonyl (C=O) groups excluding carboxylic acids is 3. The van der Waals surface area contributed by atoms with Crippen molar-refractivity contribution in [2.24, 2.45) is 0 Å². The summed E-state index contributed by atoms with van der Waals surface area (Å²) in [6.07, 6.45) is 0. The van der Waals surface area contributed by atoms with Gasteiger partial charge in [-0.05, 0) is 37.3 Å². The van der Waals surface area contributed by atoms with Gasteiger partial charge in [0.1, 0.15) is 5.54 Å². The number of amides is 3. The van der Waals surface area contributed by atoms with Gasteiger partial charge in [-0.3, -0.25) is 14.5 Å². The smallest absolute Gasteiger partial charge is 0.325 e. The Hall–Kier alpha value is -2.77. The van der Waals surface area contributed by atoms with Crippen LogP contribution in [0, 0.1) is 0 Å². The molecule has 1 N–H and O–H groups in total. The molecule has 144 valence electrons. The molecule has 1 saturated heterocycles. The molecule has 28 heavy (non-hydrogen) atoms. The van der Waals surface area contributed by atoms with Crippen molar-refractivity contribution in [1.82, 2.24) is 10.2 Å². The van der Waals surface area contributed by atoms with Gasteiger partial charge in [0.05, 0.1) is 6.54 Å². The Kier molecular flexibility index (Phi) is 4.44. The maximum Gasteiger partial charge on any atom is 0.325 e. The molecule has 2 aromatic rings. The molecular weight excluding hydrogens is 407 g/mol. The summed E-state index contributed by atoms with van der Waals surface area (Å²) in [6, 6.07) is 8.66. The predicted molar refractivity (Wildman–Crippen MR) is 101 cm³/mol. The van der Waals surface area contributed by atoms with Crippen LogP contribution in [0.15, 0.2) is 36.4 Å². The number of hydrogen-bond donors (Lipinski definition) is 1. The summed E-state index contributed by atoms with van der Waals surface area (Å²) in [4.78, 5) is 38.9. The van der Waals surface area contributed by atoms with Crippen LogP contribution in [0.5, 0.6) is 11.5 Å². The standard InChI is InChI=1S/C19H14Cl2N2O5/c1-19(12-4-3-11(20)7-13(12)21)17(25)23(18(26)22-19)8-14(24)10-2-5-15-16(6-10)28-9-27-15/h2-7H,8-9H2,1H3,(H,22,26)/t19-/m0/s1. The number of ketones is 1. The lowest BCUT2D eigenvalue weighted by Gasteiger charge is -2.23. The van der Waals surface area contributed by atoms with E-state index in [0.717, 1.165) is 4.90 Å². The molecule has 9 heteroatoms. The van der Waals surface area contributed by atoms with E-state index in [4.69, 9.17) is 32.7 Å². The van der Waals surface area contributed by atoms with Crippen molar-refractivity contribution in [3.63, 3.8) is 0 Å². The van der Waals surface area contributed by atoms with Gasteiger partial charge in [-0.1, -0.05) is 29.3 Å². The minimum Gasteiger partial charge on any atom is -0.454 e. The van der Waals surface area contributed by atoms with Crippen molar-refractivity contribution < 1.29 is 23.9 Å². The van der Waals surface area contributed by atoms with Gasteiger partial charge in [-0.2, -0.15) is 0 Å². The van der Waals surface area contributed by atoms with E-state index in [0.29, 0.717) is 27.6 Å². The average molecular weight is 421 g/mol. The summed E-state index contributed by atoms with van der Waals surface area (Å²) < 4.78 is 10.5.